The van der Waals surface area contributed by atoms with Crippen LogP contribution in [0, 0.1) is 0 Å². The summed E-state index contributed by atoms with van der Waals surface area (Å²) >= 11 is 7.46. The van der Waals surface area contributed by atoms with Gasteiger partial charge in [-0.1, -0.05) is 11.6 Å². The van der Waals surface area contributed by atoms with Crippen LogP contribution < -0.4 is 5.73 Å². The van der Waals surface area contributed by atoms with Crippen LogP contribution in [0.15, 0.2) is 18.3 Å². The highest BCUT2D eigenvalue weighted by Crippen LogP contribution is 2.15. The van der Waals surface area contributed by atoms with Gasteiger partial charge in [0.05, 0.1) is 7.11 Å². The highest BCUT2D eigenvalue weighted by molar-refractivity contribution is 7.98. The van der Waals surface area contributed by atoms with Gasteiger partial charge in [0.2, 0.25) is 0 Å². The maximum absolute atomic E-state index is 11.0. The van der Waals surface area contributed by atoms with Gasteiger partial charge in [-0.05, 0) is 29.9 Å². The van der Waals surface area contributed by atoms with Gasteiger partial charge in [0.1, 0.15) is 11.2 Å². The minimum absolute atomic E-state index is 0.363. The van der Waals surface area contributed by atoms with E-state index in [-0.39, 0.29) is 5.97 Å². The largest absolute Gasteiger partial charge is 0.468 e. The first-order valence-corrected chi connectivity index (χ1v) is 6.68. The quantitative estimate of drug-likeness (QED) is 0.487. The first-order valence-electron chi connectivity index (χ1n) is 5.15. The predicted octanol–water partition coefficient (Wildman–Crippen LogP) is 1.86. The second kappa shape index (κ2) is 7.53. The molecular weight excluding hydrogens is 260 g/mol. The van der Waals surface area contributed by atoms with Gasteiger partial charge >= 0.3 is 5.97 Å². The van der Waals surface area contributed by atoms with Crippen molar-refractivity contribution >= 4 is 29.3 Å². The summed E-state index contributed by atoms with van der Waals surface area (Å²) in [6.07, 6.45) is 2.29. The third kappa shape index (κ3) is 5.39. The lowest BCUT2D eigenvalue weighted by atomic mass is 10.2. The molecule has 1 aromatic heterocycles. The fourth-order valence-corrected chi connectivity index (χ4v) is 2.38. The zero-order valence-electron chi connectivity index (χ0n) is 9.56. The van der Waals surface area contributed by atoms with Crippen LogP contribution in [0.25, 0.3) is 0 Å². The van der Waals surface area contributed by atoms with Crippen molar-refractivity contribution in [1.29, 1.82) is 0 Å². The molecule has 0 aliphatic rings. The second-order valence-corrected chi connectivity index (χ2v) is 4.95. The van der Waals surface area contributed by atoms with Gasteiger partial charge in [-0.3, -0.25) is 4.79 Å². The summed E-state index contributed by atoms with van der Waals surface area (Å²) in [6, 6.07) is 3.21. The van der Waals surface area contributed by atoms with E-state index in [0.717, 1.165) is 17.1 Å². The number of thioether (sulfide) groups is 1. The molecule has 1 unspecified atom stereocenters. The van der Waals surface area contributed by atoms with Gasteiger partial charge in [-0.15, -0.1) is 0 Å². The van der Waals surface area contributed by atoms with Crippen LogP contribution in [0.4, 0.5) is 0 Å². The van der Waals surface area contributed by atoms with Crippen LogP contribution in [0.1, 0.15) is 12.0 Å². The minimum Gasteiger partial charge on any atom is -0.468 e. The number of rotatable bonds is 6. The molecule has 0 radical (unpaired) electrons. The second-order valence-electron chi connectivity index (χ2n) is 3.46. The maximum atomic E-state index is 11.0. The average Bonchev–Trinajstić information content (AvgIpc) is 2.33. The molecule has 2 N–H and O–H groups in total. The number of aromatic nitrogens is 1. The fourth-order valence-electron chi connectivity index (χ4n) is 1.20. The fraction of sp³-hybridized carbons (Fsp3) is 0.455. The number of hydrogen-bond donors (Lipinski definition) is 1. The molecule has 0 saturated heterocycles. The summed E-state index contributed by atoms with van der Waals surface area (Å²) in [7, 11) is 1.34. The smallest absolute Gasteiger partial charge is 0.322 e. The van der Waals surface area contributed by atoms with Crippen LogP contribution in [0.3, 0.4) is 0 Å². The SMILES string of the molecule is COC(=O)C(N)CCSCc1ccnc(Cl)c1. The molecule has 0 aliphatic heterocycles. The molecule has 94 valence electrons. The lowest BCUT2D eigenvalue weighted by Gasteiger charge is -2.08. The Bertz CT molecular complexity index is 376. The van der Waals surface area contributed by atoms with Crippen LogP contribution >= 0.6 is 23.4 Å². The van der Waals surface area contributed by atoms with Gasteiger partial charge in [-0.25, -0.2) is 4.98 Å². The Morgan fingerprint density at radius 1 is 1.71 bits per heavy atom. The Balaban J connectivity index is 2.22. The normalized spacial score (nSPS) is 12.2. The Kier molecular flexibility index (Phi) is 6.32. The Morgan fingerprint density at radius 3 is 3.12 bits per heavy atom. The van der Waals surface area contributed by atoms with E-state index in [0.29, 0.717) is 11.6 Å². The average molecular weight is 275 g/mol. The van der Waals surface area contributed by atoms with E-state index in [4.69, 9.17) is 17.3 Å². The van der Waals surface area contributed by atoms with Crippen LogP contribution in [0.5, 0.6) is 0 Å². The standard InChI is InChI=1S/C11H15ClN2O2S/c1-16-11(15)9(13)3-5-17-7-8-2-4-14-10(12)6-8/h2,4,6,9H,3,5,7,13H2,1H3. The number of pyridine rings is 1. The minimum atomic E-state index is -0.534. The molecule has 0 aromatic carbocycles. The molecule has 1 atom stereocenters. The molecular formula is C11H15ClN2O2S. The van der Waals surface area contributed by atoms with Crippen molar-refractivity contribution in [2.45, 2.75) is 18.2 Å². The molecule has 0 aliphatic carbocycles. The highest BCUT2D eigenvalue weighted by atomic mass is 35.5. The van der Waals surface area contributed by atoms with Crippen molar-refractivity contribution < 1.29 is 9.53 Å². The number of esters is 1. The molecule has 1 rings (SSSR count). The van der Waals surface area contributed by atoms with E-state index in [1.807, 2.05) is 12.1 Å². The van der Waals surface area contributed by atoms with Crippen LogP contribution in [-0.2, 0) is 15.3 Å². The number of hydrogen-bond acceptors (Lipinski definition) is 5. The topological polar surface area (TPSA) is 65.2 Å². The summed E-state index contributed by atoms with van der Waals surface area (Å²) in [6.45, 7) is 0. The lowest BCUT2D eigenvalue weighted by Crippen LogP contribution is -2.31. The number of ether oxygens (including phenoxy) is 1. The van der Waals surface area contributed by atoms with E-state index in [9.17, 15) is 4.79 Å². The summed E-state index contributed by atoms with van der Waals surface area (Å²) in [5.74, 6) is 1.27. The van der Waals surface area contributed by atoms with Gasteiger partial charge in [0, 0.05) is 11.9 Å². The summed E-state index contributed by atoms with van der Waals surface area (Å²) in [4.78, 5) is 14.9. The van der Waals surface area contributed by atoms with Crippen molar-refractivity contribution in [3.8, 4) is 0 Å². The first-order chi connectivity index (χ1) is 8.13. The van der Waals surface area contributed by atoms with Gasteiger partial charge in [0.15, 0.2) is 0 Å². The number of halogens is 1. The maximum Gasteiger partial charge on any atom is 0.322 e. The van der Waals surface area contributed by atoms with E-state index in [2.05, 4.69) is 9.72 Å². The molecule has 4 nitrogen and oxygen atoms in total. The van der Waals surface area contributed by atoms with Crippen LogP contribution in [0.2, 0.25) is 5.15 Å². The van der Waals surface area contributed by atoms with Gasteiger partial charge in [0.25, 0.3) is 0 Å². The molecule has 0 saturated carbocycles. The predicted molar refractivity (Wildman–Crippen MR) is 70.0 cm³/mol. The number of nitrogens with zero attached hydrogens (tertiary/aromatic N) is 1. The first kappa shape index (κ1) is 14.3. The van der Waals surface area contributed by atoms with Crippen LogP contribution in [-0.4, -0.2) is 29.9 Å². The van der Waals surface area contributed by atoms with Crippen molar-refractivity contribution in [2.75, 3.05) is 12.9 Å². The Labute approximate surface area is 110 Å². The molecule has 1 aromatic rings. The third-order valence-electron chi connectivity index (χ3n) is 2.14. The molecule has 0 bridgehead atoms. The molecule has 0 fully saturated rings. The zero-order valence-corrected chi connectivity index (χ0v) is 11.1. The summed E-state index contributed by atoms with van der Waals surface area (Å²) in [5, 5.41) is 0.495. The Hall–Kier alpha value is -0.780. The van der Waals surface area contributed by atoms with E-state index in [1.165, 1.54) is 7.11 Å². The number of carbonyl (C=O) groups is 1. The Morgan fingerprint density at radius 2 is 2.47 bits per heavy atom. The van der Waals surface area contributed by atoms with Crippen molar-refractivity contribution in [1.82, 2.24) is 4.98 Å². The molecule has 6 heteroatoms. The summed E-state index contributed by atoms with van der Waals surface area (Å²) in [5.41, 5.74) is 6.72. The third-order valence-corrected chi connectivity index (χ3v) is 3.41. The zero-order chi connectivity index (χ0) is 12.7. The molecule has 0 amide bonds. The number of nitrogens with two attached hydrogens (primary N) is 1. The van der Waals surface area contributed by atoms with Gasteiger partial charge < -0.3 is 10.5 Å². The van der Waals surface area contributed by atoms with E-state index >= 15 is 0 Å². The lowest BCUT2D eigenvalue weighted by molar-refractivity contribution is -0.142. The van der Waals surface area contributed by atoms with Crippen molar-refractivity contribution in [3.05, 3.63) is 29.0 Å². The molecule has 0 spiro atoms. The highest BCUT2D eigenvalue weighted by Gasteiger charge is 2.12. The van der Waals surface area contributed by atoms with Gasteiger partial charge in [-0.2, -0.15) is 11.8 Å². The molecule has 1 heterocycles. The van der Waals surface area contributed by atoms with Crippen molar-refractivity contribution in [2.24, 2.45) is 5.73 Å². The van der Waals surface area contributed by atoms with E-state index in [1.54, 1.807) is 18.0 Å². The monoisotopic (exact) mass is 274 g/mol. The number of carbonyl (C=O) groups excluding carboxylic acids is 1. The molecule has 17 heavy (non-hydrogen) atoms. The number of methoxy groups -OCH3 is 1. The van der Waals surface area contributed by atoms with E-state index < -0.39 is 6.04 Å². The summed E-state index contributed by atoms with van der Waals surface area (Å²) < 4.78 is 4.54. The van der Waals surface area contributed by atoms with Crippen molar-refractivity contribution in [3.63, 3.8) is 0 Å².